The van der Waals surface area contributed by atoms with Gasteiger partial charge in [-0.2, -0.15) is 11.8 Å². The summed E-state index contributed by atoms with van der Waals surface area (Å²) in [7, 11) is 0. The number of amides is 1. The summed E-state index contributed by atoms with van der Waals surface area (Å²) in [5.74, 6) is 2.24. The normalized spacial score (nSPS) is 9.85. The second-order valence-electron chi connectivity index (χ2n) is 4.56. The van der Waals surface area contributed by atoms with Gasteiger partial charge in [0.2, 0.25) is 5.91 Å². The van der Waals surface area contributed by atoms with E-state index in [9.17, 15) is 4.79 Å². The van der Waals surface area contributed by atoms with Crippen LogP contribution in [0.5, 0.6) is 0 Å². The molecule has 3 N–H and O–H groups in total. The molecule has 1 aromatic carbocycles. The van der Waals surface area contributed by atoms with Crippen molar-refractivity contribution < 1.29 is 4.79 Å². The van der Waals surface area contributed by atoms with E-state index in [1.54, 1.807) is 0 Å². The van der Waals surface area contributed by atoms with Crippen LogP contribution < -0.4 is 11.1 Å². The van der Waals surface area contributed by atoms with Crippen molar-refractivity contribution >= 4 is 35.8 Å². The zero-order valence-electron chi connectivity index (χ0n) is 12.1. The highest BCUT2D eigenvalue weighted by molar-refractivity contribution is 7.99. The maximum atomic E-state index is 11.6. The number of nitrogen functional groups attached to an aromatic ring is 1. The molecule has 0 heterocycles. The highest BCUT2D eigenvalue weighted by Crippen LogP contribution is 2.07. The molecule has 0 atom stereocenters. The van der Waals surface area contributed by atoms with Crippen molar-refractivity contribution in [2.24, 2.45) is 0 Å². The van der Waals surface area contributed by atoms with Crippen LogP contribution in [0, 0.1) is 0 Å². The number of nitrogens with one attached hydrogen (secondary N) is 1. The highest BCUT2D eigenvalue weighted by Gasteiger charge is 2.01. The van der Waals surface area contributed by atoms with Crippen LogP contribution in [-0.4, -0.2) is 24.0 Å². The number of anilines is 1. The van der Waals surface area contributed by atoms with Crippen LogP contribution in [0.15, 0.2) is 24.3 Å². The predicted octanol–water partition coefficient (Wildman–Crippen LogP) is 3.27. The van der Waals surface area contributed by atoms with Crippen LogP contribution in [0.2, 0.25) is 0 Å². The molecule has 0 unspecified atom stereocenters. The number of thioether (sulfide) groups is 1. The van der Waals surface area contributed by atoms with E-state index in [4.69, 9.17) is 5.73 Å². The first kappa shape index (κ1) is 19.1. The minimum absolute atomic E-state index is 0. The van der Waals surface area contributed by atoms with Gasteiger partial charge in [0, 0.05) is 24.4 Å². The molecule has 1 aromatic rings. The number of hydrogen-bond acceptors (Lipinski definition) is 3. The molecular weight excluding hydrogens is 292 g/mol. The van der Waals surface area contributed by atoms with Gasteiger partial charge in [-0.25, -0.2) is 0 Å². The van der Waals surface area contributed by atoms with Gasteiger partial charge in [0.15, 0.2) is 0 Å². The van der Waals surface area contributed by atoms with E-state index < -0.39 is 0 Å². The number of carbonyl (C=O) groups excluding carboxylic acids is 1. The molecule has 1 amide bonds. The van der Waals surface area contributed by atoms with Crippen LogP contribution in [0.3, 0.4) is 0 Å². The number of halogens is 1. The molecule has 0 spiro atoms. The fraction of sp³-hybridized carbons (Fsp3) is 0.533. The summed E-state index contributed by atoms with van der Waals surface area (Å²) in [6.07, 6.45) is 3.94. The maximum absolute atomic E-state index is 11.6. The van der Waals surface area contributed by atoms with Gasteiger partial charge in [0.05, 0.1) is 0 Å². The molecule has 0 aliphatic heterocycles. The monoisotopic (exact) mass is 316 g/mol. The second kappa shape index (κ2) is 11.9. The van der Waals surface area contributed by atoms with E-state index in [1.165, 1.54) is 18.4 Å². The SMILES string of the molecule is CCCCSCCC(=O)NCCc1ccc(N)cc1.Cl. The molecular formula is C15H25ClN2OS. The molecule has 3 nitrogen and oxygen atoms in total. The molecule has 0 saturated carbocycles. The molecule has 0 saturated heterocycles. The Morgan fingerprint density at radius 3 is 2.60 bits per heavy atom. The fourth-order valence-electron chi connectivity index (χ4n) is 1.63. The van der Waals surface area contributed by atoms with Crippen molar-refractivity contribution in [1.82, 2.24) is 5.32 Å². The Bertz CT molecular complexity index is 371. The minimum Gasteiger partial charge on any atom is -0.399 e. The van der Waals surface area contributed by atoms with Gasteiger partial charge in [0.1, 0.15) is 0 Å². The third-order valence-electron chi connectivity index (χ3n) is 2.83. The molecule has 0 fully saturated rings. The number of benzene rings is 1. The molecule has 0 aliphatic rings. The minimum atomic E-state index is 0. The van der Waals surface area contributed by atoms with Crippen LogP contribution in [-0.2, 0) is 11.2 Å². The summed E-state index contributed by atoms with van der Waals surface area (Å²) in [6, 6.07) is 7.78. The number of carbonyl (C=O) groups is 1. The van der Waals surface area contributed by atoms with Crippen molar-refractivity contribution in [2.75, 3.05) is 23.8 Å². The third-order valence-corrected chi connectivity index (χ3v) is 3.90. The summed E-state index contributed by atoms with van der Waals surface area (Å²) in [4.78, 5) is 11.6. The lowest BCUT2D eigenvalue weighted by atomic mass is 10.1. The maximum Gasteiger partial charge on any atom is 0.220 e. The van der Waals surface area contributed by atoms with Crippen LogP contribution in [0.25, 0.3) is 0 Å². The molecule has 20 heavy (non-hydrogen) atoms. The van der Waals surface area contributed by atoms with Crippen LogP contribution in [0.1, 0.15) is 31.7 Å². The first-order chi connectivity index (χ1) is 9.22. The lowest BCUT2D eigenvalue weighted by molar-refractivity contribution is -0.120. The van der Waals surface area contributed by atoms with E-state index in [0.29, 0.717) is 13.0 Å². The standard InChI is InChI=1S/C15H24N2OS.ClH/c1-2-3-11-19-12-9-15(18)17-10-8-13-4-6-14(16)7-5-13;/h4-7H,2-3,8-12,16H2,1H3,(H,17,18);1H. The smallest absolute Gasteiger partial charge is 0.220 e. The van der Waals surface area contributed by atoms with Crippen molar-refractivity contribution in [3.8, 4) is 0 Å². The number of nitrogens with two attached hydrogens (primary N) is 1. The van der Waals surface area contributed by atoms with E-state index in [0.717, 1.165) is 23.6 Å². The summed E-state index contributed by atoms with van der Waals surface area (Å²) in [6.45, 7) is 2.88. The topological polar surface area (TPSA) is 55.1 Å². The van der Waals surface area contributed by atoms with Crippen LogP contribution >= 0.6 is 24.2 Å². The molecule has 1 rings (SSSR count). The summed E-state index contributed by atoms with van der Waals surface area (Å²) in [5.41, 5.74) is 7.60. The number of hydrogen-bond donors (Lipinski definition) is 2. The summed E-state index contributed by atoms with van der Waals surface area (Å²) in [5, 5.41) is 2.95. The summed E-state index contributed by atoms with van der Waals surface area (Å²) < 4.78 is 0. The average molecular weight is 317 g/mol. The van der Waals surface area contributed by atoms with E-state index >= 15 is 0 Å². The van der Waals surface area contributed by atoms with Crippen molar-refractivity contribution in [1.29, 1.82) is 0 Å². The van der Waals surface area contributed by atoms with E-state index in [1.807, 2.05) is 36.0 Å². The van der Waals surface area contributed by atoms with Gasteiger partial charge in [-0.05, 0) is 36.3 Å². The predicted molar refractivity (Wildman–Crippen MR) is 91.7 cm³/mol. The molecule has 0 aromatic heterocycles. The quantitative estimate of drug-likeness (QED) is 0.543. The molecule has 0 radical (unpaired) electrons. The lowest BCUT2D eigenvalue weighted by Gasteiger charge is -2.05. The lowest BCUT2D eigenvalue weighted by Crippen LogP contribution is -2.25. The Labute approximate surface area is 132 Å². The van der Waals surface area contributed by atoms with Gasteiger partial charge < -0.3 is 11.1 Å². The Kier molecular flexibility index (Phi) is 11.4. The van der Waals surface area contributed by atoms with Crippen LogP contribution in [0.4, 0.5) is 5.69 Å². The summed E-state index contributed by atoms with van der Waals surface area (Å²) >= 11 is 1.86. The number of rotatable bonds is 9. The Morgan fingerprint density at radius 1 is 1.25 bits per heavy atom. The molecule has 0 bridgehead atoms. The largest absolute Gasteiger partial charge is 0.399 e. The Morgan fingerprint density at radius 2 is 1.95 bits per heavy atom. The Balaban J connectivity index is 0.00000361. The Hall–Kier alpha value is -0.870. The average Bonchev–Trinajstić information content (AvgIpc) is 2.41. The first-order valence-corrected chi connectivity index (χ1v) is 8.06. The zero-order chi connectivity index (χ0) is 13.9. The zero-order valence-corrected chi connectivity index (χ0v) is 13.7. The van der Waals surface area contributed by atoms with Gasteiger partial charge >= 0.3 is 0 Å². The number of unbranched alkanes of at least 4 members (excludes halogenated alkanes) is 1. The second-order valence-corrected chi connectivity index (χ2v) is 5.78. The van der Waals surface area contributed by atoms with Gasteiger partial charge in [0.25, 0.3) is 0 Å². The fourth-order valence-corrected chi connectivity index (χ4v) is 2.66. The first-order valence-electron chi connectivity index (χ1n) is 6.91. The van der Waals surface area contributed by atoms with Gasteiger partial charge in [-0.3, -0.25) is 4.79 Å². The third kappa shape index (κ3) is 9.10. The highest BCUT2D eigenvalue weighted by atomic mass is 35.5. The van der Waals surface area contributed by atoms with Gasteiger partial charge in [-0.1, -0.05) is 25.5 Å². The van der Waals surface area contributed by atoms with Gasteiger partial charge in [-0.15, -0.1) is 12.4 Å². The van der Waals surface area contributed by atoms with Crippen molar-refractivity contribution in [3.63, 3.8) is 0 Å². The molecule has 0 aliphatic carbocycles. The molecule has 5 heteroatoms. The van der Waals surface area contributed by atoms with Crippen molar-refractivity contribution in [3.05, 3.63) is 29.8 Å². The van der Waals surface area contributed by atoms with E-state index in [2.05, 4.69) is 12.2 Å². The molecule has 114 valence electrons. The van der Waals surface area contributed by atoms with E-state index in [-0.39, 0.29) is 18.3 Å². The van der Waals surface area contributed by atoms with Crippen molar-refractivity contribution in [2.45, 2.75) is 32.6 Å².